The smallest absolute Gasteiger partial charge is 0.137 e. The predicted octanol–water partition coefficient (Wildman–Crippen LogP) is 11.7. The van der Waals surface area contributed by atoms with Crippen LogP contribution in [0.3, 0.4) is 0 Å². The SMILES string of the molecule is Cc1cc(C)c(-c2ccn(-c3cc(Oc4ccc5c6ccccc6n(-c6cc(C(C)(C)C)ccn6)c5c4)cc(-c4ccccc4)c3)n2)c(C)c1. The summed E-state index contributed by atoms with van der Waals surface area (Å²) in [5, 5.41) is 7.40. The first-order valence-corrected chi connectivity index (χ1v) is 17.2. The highest BCUT2D eigenvalue weighted by atomic mass is 16.5. The van der Waals surface area contributed by atoms with Crippen molar-refractivity contribution in [2.24, 2.45) is 0 Å². The summed E-state index contributed by atoms with van der Waals surface area (Å²) in [7, 11) is 0. The van der Waals surface area contributed by atoms with Crippen LogP contribution in [0.1, 0.15) is 43.0 Å². The molecule has 0 saturated carbocycles. The Bertz CT molecular complexity index is 2510. The Labute approximate surface area is 293 Å². The fourth-order valence-electron chi connectivity index (χ4n) is 7.16. The van der Waals surface area contributed by atoms with Gasteiger partial charge in [0.15, 0.2) is 0 Å². The van der Waals surface area contributed by atoms with Crippen LogP contribution < -0.4 is 4.74 Å². The average molecular weight is 653 g/mol. The van der Waals surface area contributed by atoms with Gasteiger partial charge in [0.05, 0.1) is 22.4 Å². The Kier molecular flexibility index (Phi) is 7.64. The largest absolute Gasteiger partial charge is 0.457 e. The number of benzene rings is 5. The quantitative estimate of drug-likeness (QED) is 0.180. The van der Waals surface area contributed by atoms with E-state index in [1.54, 1.807) is 0 Å². The Morgan fingerprint density at radius 1 is 0.620 bits per heavy atom. The summed E-state index contributed by atoms with van der Waals surface area (Å²) in [5.41, 5.74) is 12.3. The number of pyridine rings is 1. The van der Waals surface area contributed by atoms with Crippen molar-refractivity contribution in [3.05, 3.63) is 156 Å². The molecule has 0 aliphatic rings. The van der Waals surface area contributed by atoms with Gasteiger partial charge < -0.3 is 4.74 Å². The summed E-state index contributed by atoms with van der Waals surface area (Å²) in [6.45, 7) is 13.1. The van der Waals surface area contributed by atoms with E-state index >= 15 is 0 Å². The predicted molar refractivity (Wildman–Crippen MR) is 206 cm³/mol. The molecule has 50 heavy (non-hydrogen) atoms. The molecule has 0 N–H and O–H groups in total. The summed E-state index contributed by atoms with van der Waals surface area (Å²) >= 11 is 0. The lowest BCUT2D eigenvalue weighted by atomic mass is 9.88. The van der Waals surface area contributed by atoms with Gasteiger partial charge in [-0.25, -0.2) is 9.67 Å². The van der Waals surface area contributed by atoms with Crippen LogP contribution in [0, 0.1) is 20.8 Å². The fourth-order valence-corrected chi connectivity index (χ4v) is 7.16. The van der Waals surface area contributed by atoms with Crippen molar-refractivity contribution in [2.45, 2.75) is 47.0 Å². The zero-order valence-electron chi connectivity index (χ0n) is 29.4. The Balaban J connectivity index is 1.24. The molecule has 8 aromatic rings. The van der Waals surface area contributed by atoms with Gasteiger partial charge in [0.25, 0.3) is 0 Å². The molecule has 246 valence electrons. The number of ether oxygens (including phenoxy) is 1. The van der Waals surface area contributed by atoms with Crippen molar-refractivity contribution in [1.29, 1.82) is 0 Å². The van der Waals surface area contributed by atoms with Crippen LogP contribution in [0.25, 0.3) is 55.7 Å². The van der Waals surface area contributed by atoms with Gasteiger partial charge in [-0.2, -0.15) is 5.10 Å². The monoisotopic (exact) mass is 652 g/mol. The lowest BCUT2D eigenvalue weighted by Crippen LogP contribution is -2.12. The lowest BCUT2D eigenvalue weighted by molar-refractivity contribution is 0.483. The molecule has 3 heterocycles. The summed E-state index contributed by atoms with van der Waals surface area (Å²) in [6.07, 6.45) is 3.95. The molecule has 0 amide bonds. The molecule has 5 aromatic carbocycles. The van der Waals surface area contributed by atoms with Gasteiger partial charge in [-0.3, -0.25) is 4.57 Å². The van der Waals surface area contributed by atoms with E-state index in [4.69, 9.17) is 14.8 Å². The first kappa shape index (κ1) is 31.3. The van der Waals surface area contributed by atoms with E-state index in [2.05, 4.69) is 161 Å². The van der Waals surface area contributed by atoms with Crippen LogP contribution in [0.4, 0.5) is 0 Å². The molecule has 0 aliphatic heterocycles. The maximum Gasteiger partial charge on any atom is 0.137 e. The van der Waals surface area contributed by atoms with Gasteiger partial charge in [-0.05, 0) is 103 Å². The van der Waals surface area contributed by atoms with Crippen molar-refractivity contribution >= 4 is 21.8 Å². The maximum absolute atomic E-state index is 6.74. The molecule has 0 saturated heterocycles. The number of hydrogen-bond donors (Lipinski definition) is 0. The number of rotatable bonds is 6. The van der Waals surface area contributed by atoms with E-state index < -0.39 is 0 Å². The molecule has 0 unspecified atom stereocenters. The molecule has 0 aliphatic carbocycles. The Hall–Kier alpha value is -5.94. The number of aryl methyl sites for hydroxylation is 3. The molecule has 0 atom stereocenters. The van der Waals surface area contributed by atoms with Crippen LogP contribution in [0.15, 0.2) is 134 Å². The van der Waals surface area contributed by atoms with Gasteiger partial charge in [-0.15, -0.1) is 0 Å². The molecule has 0 bridgehead atoms. The third kappa shape index (κ3) is 5.75. The molecule has 0 spiro atoms. The maximum atomic E-state index is 6.74. The minimum absolute atomic E-state index is 0.000661. The molecular formula is C45H40N4O. The first-order chi connectivity index (χ1) is 24.1. The van der Waals surface area contributed by atoms with Crippen molar-refractivity contribution in [1.82, 2.24) is 19.3 Å². The van der Waals surface area contributed by atoms with Gasteiger partial charge in [0.1, 0.15) is 17.3 Å². The number of fused-ring (bicyclic) bond motifs is 3. The van der Waals surface area contributed by atoms with Gasteiger partial charge in [0, 0.05) is 40.9 Å². The summed E-state index contributed by atoms with van der Waals surface area (Å²) in [4.78, 5) is 4.85. The number of aromatic nitrogens is 4. The molecule has 5 nitrogen and oxygen atoms in total. The second kappa shape index (κ2) is 12.2. The minimum Gasteiger partial charge on any atom is -0.457 e. The van der Waals surface area contributed by atoms with Crippen LogP contribution in [-0.4, -0.2) is 19.3 Å². The van der Waals surface area contributed by atoms with Crippen LogP contribution >= 0.6 is 0 Å². The molecule has 5 heteroatoms. The van der Waals surface area contributed by atoms with Crippen molar-refractivity contribution in [2.75, 3.05) is 0 Å². The standard InChI is InChI=1S/C45H40N4O/c1-29-22-30(2)44(31(3)23-29)40-19-21-48(47-40)35-24-33(32-12-8-7-9-13-32)25-37(27-35)50-36-16-17-39-38-14-10-11-15-41(38)49(42(39)28-36)43-26-34(18-20-46-43)45(4,5)6/h7-28H,1-6H3. The van der Waals surface area contributed by atoms with Crippen molar-refractivity contribution in [3.8, 4) is 45.4 Å². The topological polar surface area (TPSA) is 44.9 Å². The van der Waals surface area contributed by atoms with E-state index in [1.165, 1.54) is 33.2 Å². The van der Waals surface area contributed by atoms with E-state index in [0.717, 1.165) is 56.2 Å². The highest BCUT2D eigenvalue weighted by molar-refractivity contribution is 6.09. The van der Waals surface area contributed by atoms with Gasteiger partial charge in [-0.1, -0.05) is 87.0 Å². The molecular weight excluding hydrogens is 613 g/mol. The third-order valence-corrected chi connectivity index (χ3v) is 9.51. The third-order valence-electron chi connectivity index (χ3n) is 9.51. The number of nitrogens with zero attached hydrogens (tertiary/aromatic N) is 4. The van der Waals surface area contributed by atoms with Crippen molar-refractivity contribution in [3.63, 3.8) is 0 Å². The highest BCUT2D eigenvalue weighted by Gasteiger charge is 2.19. The van der Waals surface area contributed by atoms with Crippen LogP contribution in [-0.2, 0) is 5.41 Å². The fraction of sp³-hybridized carbons (Fsp3) is 0.156. The summed E-state index contributed by atoms with van der Waals surface area (Å²) in [6, 6.07) is 42.4. The van der Waals surface area contributed by atoms with E-state index in [9.17, 15) is 0 Å². The van der Waals surface area contributed by atoms with Gasteiger partial charge in [0.2, 0.25) is 0 Å². The van der Waals surface area contributed by atoms with Crippen LogP contribution in [0.5, 0.6) is 11.5 Å². The second-order valence-electron chi connectivity index (χ2n) is 14.3. The minimum atomic E-state index is -0.000661. The van der Waals surface area contributed by atoms with E-state index in [1.807, 2.05) is 23.1 Å². The average Bonchev–Trinajstić information content (AvgIpc) is 3.71. The van der Waals surface area contributed by atoms with E-state index in [0.29, 0.717) is 0 Å². The van der Waals surface area contributed by atoms with Crippen LogP contribution in [0.2, 0.25) is 0 Å². The summed E-state index contributed by atoms with van der Waals surface area (Å²) < 4.78 is 10.9. The molecule has 0 radical (unpaired) electrons. The van der Waals surface area contributed by atoms with Crippen molar-refractivity contribution < 1.29 is 4.74 Å². The number of para-hydroxylation sites is 1. The number of hydrogen-bond acceptors (Lipinski definition) is 3. The molecule has 0 fully saturated rings. The summed E-state index contributed by atoms with van der Waals surface area (Å²) in [5.74, 6) is 2.37. The molecule has 8 rings (SSSR count). The highest BCUT2D eigenvalue weighted by Crippen LogP contribution is 2.37. The normalized spacial score (nSPS) is 11.8. The first-order valence-electron chi connectivity index (χ1n) is 17.2. The molecule has 3 aromatic heterocycles. The Morgan fingerprint density at radius 3 is 2.14 bits per heavy atom. The van der Waals surface area contributed by atoms with E-state index in [-0.39, 0.29) is 5.41 Å². The zero-order chi connectivity index (χ0) is 34.6. The van der Waals surface area contributed by atoms with Gasteiger partial charge >= 0.3 is 0 Å². The lowest BCUT2D eigenvalue weighted by Gasteiger charge is -2.20. The second-order valence-corrected chi connectivity index (χ2v) is 14.3. The Morgan fingerprint density at radius 2 is 1.36 bits per heavy atom. The zero-order valence-corrected chi connectivity index (χ0v) is 29.4.